The number of hydrogen-bond acceptors (Lipinski definition) is 3. The molecule has 1 fully saturated rings. The van der Waals surface area contributed by atoms with E-state index >= 15 is 0 Å². The molecule has 1 aromatic carbocycles. The molecule has 132 valence electrons. The van der Waals surface area contributed by atoms with Gasteiger partial charge in [-0.2, -0.15) is 0 Å². The summed E-state index contributed by atoms with van der Waals surface area (Å²) in [5, 5.41) is 0. The number of Topliss-reactive ketones (excluding diaryl/α,β-unsaturated/α-hetero) is 1. The van der Waals surface area contributed by atoms with E-state index in [9.17, 15) is 14.0 Å². The van der Waals surface area contributed by atoms with E-state index in [4.69, 9.17) is 4.74 Å². The van der Waals surface area contributed by atoms with Crippen LogP contribution in [0.15, 0.2) is 24.3 Å². The topological polar surface area (TPSA) is 46.6 Å². The van der Waals surface area contributed by atoms with Crippen LogP contribution in [0, 0.1) is 11.7 Å². The summed E-state index contributed by atoms with van der Waals surface area (Å²) in [6, 6.07) is 6.56. The second-order valence-electron chi connectivity index (χ2n) is 7.30. The molecule has 2 rings (SSSR count). The van der Waals surface area contributed by atoms with Crippen LogP contribution in [0.3, 0.4) is 0 Å². The minimum absolute atomic E-state index is 0.0459. The Hall–Kier alpha value is -1.91. The van der Waals surface area contributed by atoms with Crippen molar-refractivity contribution in [1.29, 1.82) is 0 Å². The molecule has 0 N–H and O–H groups in total. The summed E-state index contributed by atoms with van der Waals surface area (Å²) >= 11 is 0. The number of rotatable bonds is 4. The molecular weight excluding hydrogens is 309 g/mol. The average Bonchev–Trinajstić information content (AvgIpc) is 2.52. The second-order valence-corrected chi connectivity index (χ2v) is 7.30. The number of piperidine rings is 1. The van der Waals surface area contributed by atoms with E-state index in [1.54, 1.807) is 23.1 Å². The number of carbonyl (C=O) groups is 2. The summed E-state index contributed by atoms with van der Waals surface area (Å²) in [7, 11) is 0. The molecule has 5 heteroatoms. The molecule has 0 bridgehead atoms. The van der Waals surface area contributed by atoms with Crippen molar-refractivity contribution in [2.75, 3.05) is 13.1 Å². The highest BCUT2D eigenvalue weighted by Crippen LogP contribution is 2.22. The van der Waals surface area contributed by atoms with E-state index < -0.39 is 5.60 Å². The highest BCUT2D eigenvalue weighted by Gasteiger charge is 2.29. The van der Waals surface area contributed by atoms with E-state index in [1.807, 2.05) is 20.8 Å². The highest BCUT2D eigenvalue weighted by atomic mass is 19.1. The van der Waals surface area contributed by atoms with Crippen LogP contribution in [-0.2, 0) is 16.0 Å². The molecule has 24 heavy (non-hydrogen) atoms. The maximum absolute atomic E-state index is 13.6. The standard InChI is InChI=1S/C19H26FNO3/c1-19(2,3)24-18(23)21-12-10-15(11-13-21)17(22)9-8-14-6-4-5-7-16(14)20/h4-7,15H,8-13H2,1-3H3. The molecule has 0 aromatic heterocycles. The smallest absolute Gasteiger partial charge is 0.410 e. The van der Waals surface area contributed by atoms with Crippen molar-refractivity contribution < 1.29 is 18.7 Å². The van der Waals surface area contributed by atoms with Gasteiger partial charge in [0.1, 0.15) is 17.2 Å². The number of hydrogen-bond donors (Lipinski definition) is 0. The number of likely N-dealkylation sites (tertiary alicyclic amines) is 1. The molecule has 1 amide bonds. The highest BCUT2D eigenvalue weighted by molar-refractivity contribution is 5.81. The molecule has 0 unspecified atom stereocenters. The summed E-state index contributed by atoms with van der Waals surface area (Å²) in [5.41, 5.74) is 0.0702. The fourth-order valence-corrected chi connectivity index (χ4v) is 2.87. The maximum atomic E-state index is 13.6. The van der Waals surface area contributed by atoms with Crippen LogP contribution in [0.2, 0.25) is 0 Å². The number of benzene rings is 1. The van der Waals surface area contributed by atoms with E-state index in [0.29, 0.717) is 44.3 Å². The maximum Gasteiger partial charge on any atom is 0.410 e. The third-order valence-electron chi connectivity index (χ3n) is 4.20. The van der Waals surface area contributed by atoms with Gasteiger partial charge in [-0.15, -0.1) is 0 Å². The van der Waals surface area contributed by atoms with Crippen LogP contribution in [0.25, 0.3) is 0 Å². The van der Waals surface area contributed by atoms with Crippen molar-refractivity contribution in [3.05, 3.63) is 35.6 Å². The molecule has 0 aliphatic carbocycles. The Morgan fingerprint density at radius 2 is 1.83 bits per heavy atom. The zero-order chi connectivity index (χ0) is 17.7. The molecule has 0 spiro atoms. The Morgan fingerprint density at radius 1 is 1.21 bits per heavy atom. The first-order valence-electron chi connectivity index (χ1n) is 8.50. The lowest BCUT2D eigenvalue weighted by Gasteiger charge is -2.33. The SMILES string of the molecule is CC(C)(C)OC(=O)N1CCC(C(=O)CCc2ccccc2F)CC1. The lowest BCUT2D eigenvalue weighted by Crippen LogP contribution is -2.43. The number of carbonyl (C=O) groups excluding carboxylic acids is 2. The van der Waals surface area contributed by atoms with Crippen molar-refractivity contribution >= 4 is 11.9 Å². The molecule has 1 heterocycles. The third kappa shape index (κ3) is 5.32. The van der Waals surface area contributed by atoms with Gasteiger partial charge in [0.2, 0.25) is 0 Å². The zero-order valence-electron chi connectivity index (χ0n) is 14.7. The molecule has 0 saturated carbocycles. The Kier molecular flexibility index (Phi) is 5.97. The van der Waals surface area contributed by atoms with Gasteiger partial charge < -0.3 is 9.64 Å². The summed E-state index contributed by atoms with van der Waals surface area (Å²) in [4.78, 5) is 26.0. The molecule has 1 aliphatic rings. The lowest BCUT2D eigenvalue weighted by molar-refractivity contribution is -0.124. The zero-order valence-corrected chi connectivity index (χ0v) is 14.7. The van der Waals surface area contributed by atoms with Crippen molar-refractivity contribution in [3.8, 4) is 0 Å². The first-order valence-corrected chi connectivity index (χ1v) is 8.50. The second kappa shape index (κ2) is 7.77. The van der Waals surface area contributed by atoms with Crippen LogP contribution < -0.4 is 0 Å². The number of aryl methyl sites for hydroxylation is 1. The molecule has 1 aliphatic heterocycles. The summed E-state index contributed by atoms with van der Waals surface area (Å²) in [6.45, 7) is 6.58. The van der Waals surface area contributed by atoms with Crippen molar-refractivity contribution in [2.24, 2.45) is 5.92 Å². The number of amides is 1. The predicted octanol–water partition coefficient (Wildman–Crippen LogP) is 3.97. The largest absolute Gasteiger partial charge is 0.444 e. The van der Waals surface area contributed by atoms with Gasteiger partial charge in [-0.1, -0.05) is 18.2 Å². The quantitative estimate of drug-likeness (QED) is 0.836. The lowest BCUT2D eigenvalue weighted by atomic mass is 9.89. The third-order valence-corrected chi connectivity index (χ3v) is 4.20. The summed E-state index contributed by atoms with van der Waals surface area (Å²) in [5.74, 6) is -0.150. The number of nitrogens with zero attached hydrogens (tertiary/aromatic N) is 1. The van der Waals surface area contributed by atoms with Crippen LogP contribution in [-0.4, -0.2) is 35.5 Å². The van der Waals surface area contributed by atoms with Crippen LogP contribution >= 0.6 is 0 Å². The minimum atomic E-state index is -0.510. The van der Waals surface area contributed by atoms with E-state index in [-0.39, 0.29) is 23.6 Å². The fraction of sp³-hybridized carbons (Fsp3) is 0.579. The first-order chi connectivity index (χ1) is 11.3. The van der Waals surface area contributed by atoms with E-state index in [2.05, 4.69) is 0 Å². The molecule has 1 aromatic rings. The van der Waals surface area contributed by atoms with Gasteiger partial charge in [0.05, 0.1) is 0 Å². The molecule has 4 nitrogen and oxygen atoms in total. The van der Waals surface area contributed by atoms with Gasteiger partial charge in [-0.3, -0.25) is 4.79 Å². The van der Waals surface area contributed by atoms with Crippen LogP contribution in [0.1, 0.15) is 45.6 Å². The van der Waals surface area contributed by atoms with Gasteiger partial charge in [-0.25, -0.2) is 9.18 Å². The van der Waals surface area contributed by atoms with Gasteiger partial charge in [0.15, 0.2) is 0 Å². The predicted molar refractivity (Wildman–Crippen MR) is 90.3 cm³/mol. The molecule has 1 saturated heterocycles. The summed E-state index contributed by atoms with van der Waals surface area (Å²) in [6.07, 6.45) is 1.75. The average molecular weight is 335 g/mol. The summed E-state index contributed by atoms with van der Waals surface area (Å²) < 4.78 is 18.9. The molecule has 0 radical (unpaired) electrons. The first kappa shape index (κ1) is 18.4. The molecule has 0 atom stereocenters. The van der Waals surface area contributed by atoms with Gasteiger partial charge in [0.25, 0.3) is 0 Å². The van der Waals surface area contributed by atoms with Gasteiger partial charge in [0, 0.05) is 25.4 Å². The van der Waals surface area contributed by atoms with Crippen molar-refractivity contribution in [1.82, 2.24) is 4.90 Å². The van der Waals surface area contributed by atoms with E-state index in [0.717, 1.165) is 0 Å². The van der Waals surface area contributed by atoms with E-state index in [1.165, 1.54) is 6.07 Å². The van der Waals surface area contributed by atoms with Gasteiger partial charge in [-0.05, 0) is 51.7 Å². The number of ether oxygens (including phenoxy) is 1. The monoisotopic (exact) mass is 335 g/mol. The van der Waals surface area contributed by atoms with Crippen molar-refractivity contribution in [2.45, 2.75) is 52.1 Å². The number of ketones is 1. The van der Waals surface area contributed by atoms with Gasteiger partial charge >= 0.3 is 6.09 Å². The Balaban J connectivity index is 1.78. The normalized spacial score (nSPS) is 16.1. The molecular formula is C19H26FNO3. The Bertz CT molecular complexity index is 587. The number of halogens is 1. The van der Waals surface area contributed by atoms with Crippen molar-refractivity contribution in [3.63, 3.8) is 0 Å². The Labute approximate surface area is 143 Å². The van der Waals surface area contributed by atoms with Crippen LogP contribution in [0.4, 0.5) is 9.18 Å². The minimum Gasteiger partial charge on any atom is -0.444 e. The fourth-order valence-electron chi connectivity index (χ4n) is 2.87. The van der Waals surface area contributed by atoms with Crippen LogP contribution in [0.5, 0.6) is 0 Å². The Morgan fingerprint density at radius 3 is 2.42 bits per heavy atom.